The number of aliphatic carboxylic acids is 5. The third kappa shape index (κ3) is 27.5. The minimum absolute atomic E-state index is 0.0275. The summed E-state index contributed by atoms with van der Waals surface area (Å²) in [6, 6.07) is -2.50. The first kappa shape index (κ1) is 54.1. The van der Waals surface area contributed by atoms with Crippen LogP contribution in [0.25, 0.3) is 0 Å². The maximum absolute atomic E-state index is 12.8. The molecule has 0 aromatic carbocycles. The average molecular weight is 873 g/mol. The van der Waals surface area contributed by atoms with Crippen molar-refractivity contribution >= 4 is 53.5 Å². The van der Waals surface area contributed by atoms with Crippen molar-refractivity contribution in [2.24, 2.45) is 0 Å². The van der Waals surface area contributed by atoms with Crippen LogP contribution in [0.3, 0.4) is 0 Å². The van der Waals surface area contributed by atoms with Crippen molar-refractivity contribution in [3.8, 4) is 0 Å². The number of amides is 4. The normalized spacial score (nSPS) is 15.9. The molecule has 1 heterocycles. The molecule has 0 aliphatic carbocycles. The van der Waals surface area contributed by atoms with E-state index in [1.54, 1.807) is 14.7 Å². The van der Waals surface area contributed by atoms with Crippen molar-refractivity contribution in [2.75, 3.05) is 91.6 Å². The summed E-state index contributed by atoms with van der Waals surface area (Å²) in [7, 11) is 0. The highest BCUT2D eigenvalue weighted by Crippen LogP contribution is 2.11. The Kier molecular flexibility index (Phi) is 28.3. The van der Waals surface area contributed by atoms with Gasteiger partial charge in [0.15, 0.2) is 0 Å². The Morgan fingerprint density at radius 3 is 1.34 bits per heavy atom. The molecule has 0 aromatic rings. The van der Waals surface area contributed by atoms with E-state index in [1.807, 2.05) is 0 Å². The number of carboxylic acids is 5. The fourth-order valence-corrected chi connectivity index (χ4v) is 6.62. The van der Waals surface area contributed by atoms with Crippen LogP contribution in [0.5, 0.6) is 0 Å². The quantitative estimate of drug-likeness (QED) is 0.0388. The smallest absolute Gasteiger partial charge is 0.326 e. The van der Waals surface area contributed by atoms with Gasteiger partial charge in [-0.1, -0.05) is 26.2 Å². The molecule has 1 fully saturated rings. The molecule has 1 aliphatic heterocycles. The van der Waals surface area contributed by atoms with Crippen molar-refractivity contribution in [1.82, 2.24) is 40.9 Å². The molecule has 0 radical (unpaired) electrons. The van der Waals surface area contributed by atoms with Gasteiger partial charge >= 0.3 is 29.8 Å². The number of carbonyl (C=O) groups excluding carboxylic acids is 4. The summed E-state index contributed by atoms with van der Waals surface area (Å²) < 4.78 is 0. The molecular formula is C39H68N8O14. The van der Waals surface area contributed by atoms with Crippen LogP contribution >= 0.6 is 0 Å². The lowest BCUT2D eigenvalue weighted by atomic mass is 10.1. The van der Waals surface area contributed by atoms with Crippen LogP contribution in [0.1, 0.15) is 90.4 Å². The highest BCUT2D eigenvalue weighted by Gasteiger charge is 2.29. The summed E-state index contributed by atoms with van der Waals surface area (Å²) in [4.78, 5) is 114. The fraction of sp³-hybridized carbons (Fsp3) is 0.769. The Hall–Kier alpha value is -4.93. The molecule has 22 heteroatoms. The van der Waals surface area contributed by atoms with Gasteiger partial charge in [0.1, 0.15) is 12.1 Å². The number of hydrogen-bond donors (Lipinski definition) is 9. The van der Waals surface area contributed by atoms with Gasteiger partial charge in [-0.15, -0.1) is 0 Å². The first-order valence-corrected chi connectivity index (χ1v) is 21.1. The van der Waals surface area contributed by atoms with Gasteiger partial charge in [0.05, 0.1) is 26.2 Å². The van der Waals surface area contributed by atoms with E-state index in [1.165, 1.54) is 4.90 Å². The number of hydrogen-bond acceptors (Lipinski definition) is 13. The SMILES string of the molecule is CCCCNC(=O)CCCCCCC(=O)NCCCCC(NC(=O)CNC(=O)CCC(C(=O)O)N1CCN(CC(=O)O)CCN(CC(=O)O)CCN(CC(=O)O)CC1)C(=O)O. The Morgan fingerprint density at radius 2 is 0.918 bits per heavy atom. The Balaban J connectivity index is 2.60. The number of carboxylic acid groups (broad SMARTS) is 5. The number of rotatable bonds is 30. The van der Waals surface area contributed by atoms with Crippen molar-refractivity contribution in [3.63, 3.8) is 0 Å². The first-order chi connectivity index (χ1) is 29.0. The van der Waals surface area contributed by atoms with Crippen LogP contribution in [0.2, 0.25) is 0 Å². The monoisotopic (exact) mass is 872 g/mol. The second-order valence-corrected chi connectivity index (χ2v) is 15.1. The molecule has 0 saturated carbocycles. The zero-order valence-corrected chi connectivity index (χ0v) is 35.4. The predicted octanol–water partition coefficient (Wildman–Crippen LogP) is -1.08. The van der Waals surface area contributed by atoms with Gasteiger partial charge in [-0.05, 0) is 44.9 Å². The lowest BCUT2D eigenvalue weighted by molar-refractivity contribution is -0.145. The molecule has 61 heavy (non-hydrogen) atoms. The molecule has 9 N–H and O–H groups in total. The third-order valence-corrected chi connectivity index (χ3v) is 10.1. The second-order valence-electron chi connectivity index (χ2n) is 15.1. The van der Waals surface area contributed by atoms with Gasteiger partial charge in [0.25, 0.3) is 0 Å². The van der Waals surface area contributed by atoms with Crippen LogP contribution in [-0.4, -0.2) is 202 Å². The number of unbranched alkanes of at least 4 members (excludes halogenated alkanes) is 5. The van der Waals surface area contributed by atoms with E-state index in [4.69, 9.17) is 0 Å². The summed E-state index contributed by atoms with van der Waals surface area (Å²) in [6.07, 6.45) is 6.27. The lowest BCUT2D eigenvalue weighted by Gasteiger charge is -2.35. The molecule has 0 aromatic heterocycles. The molecule has 1 rings (SSSR count). The molecular weight excluding hydrogens is 804 g/mol. The molecule has 4 amide bonds. The van der Waals surface area contributed by atoms with E-state index in [9.17, 15) is 68.7 Å². The number of nitrogens with zero attached hydrogens (tertiary/aromatic N) is 4. The molecule has 348 valence electrons. The highest BCUT2D eigenvalue weighted by atomic mass is 16.4. The zero-order valence-electron chi connectivity index (χ0n) is 35.4. The van der Waals surface area contributed by atoms with Crippen LogP contribution in [0.4, 0.5) is 0 Å². The Labute approximate surface area is 356 Å². The van der Waals surface area contributed by atoms with Crippen molar-refractivity contribution < 1.29 is 68.7 Å². The van der Waals surface area contributed by atoms with Crippen LogP contribution < -0.4 is 21.3 Å². The summed E-state index contributed by atoms with van der Waals surface area (Å²) in [5, 5.41) is 58.4. The van der Waals surface area contributed by atoms with Crippen LogP contribution in [0.15, 0.2) is 0 Å². The van der Waals surface area contributed by atoms with E-state index in [2.05, 4.69) is 28.2 Å². The number of carbonyl (C=O) groups is 9. The van der Waals surface area contributed by atoms with E-state index >= 15 is 0 Å². The summed E-state index contributed by atoms with van der Waals surface area (Å²) in [5.74, 6) is -7.48. The van der Waals surface area contributed by atoms with Crippen LogP contribution in [0, 0.1) is 0 Å². The maximum Gasteiger partial charge on any atom is 0.326 e. The minimum Gasteiger partial charge on any atom is -0.480 e. The molecule has 0 bridgehead atoms. The van der Waals surface area contributed by atoms with Crippen molar-refractivity contribution in [2.45, 2.75) is 102 Å². The summed E-state index contributed by atoms with van der Waals surface area (Å²) in [5.41, 5.74) is 0. The average Bonchev–Trinajstić information content (AvgIpc) is 3.17. The molecule has 1 aliphatic rings. The van der Waals surface area contributed by atoms with Gasteiger partial charge in [-0.3, -0.25) is 58.0 Å². The zero-order chi connectivity index (χ0) is 45.6. The van der Waals surface area contributed by atoms with Gasteiger partial charge in [0, 0.05) is 84.7 Å². The summed E-state index contributed by atoms with van der Waals surface area (Å²) in [6.45, 7) is 2.18. The minimum atomic E-state index is -1.28. The molecule has 2 atom stereocenters. The maximum atomic E-state index is 12.8. The van der Waals surface area contributed by atoms with E-state index in [-0.39, 0.29) is 90.0 Å². The Morgan fingerprint density at radius 1 is 0.475 bits per heavy atom. The standard InChI is InChI=1S/C39H68N8O14/c1-2-3-15-40-31(48)11-6-4-5-7-12-32(49)41-16-9-8-10-29(38(58)59)43-34(51)25-42-33(50)14-13-30(39(60)61)47-23-21-45(27-36(54)55)19-17-44(26-35(52)53)18-20-46(22-24-47)28-37(56)57/h29-30H,2-28H2,1H3,(H,40,48)(H,41,49)(H,42,50)(H,43,51)(H,52,53)(H,54,55)(H,56,57)(H,58,59)(H,60,61). The predicted molar refractivity (Wildman–Crippen MR) is 220 cm³/mol. The fourth-order valence-electron chi connectivity index (χ4n) is 6.62. The molecule has 1 saturated heterocycles. The third-order valence-electron chi connectivity index (χ3n) is 10.1. The second kappa shape index (κ2) is 31.9. The topological polar surface area (TPSA) is 316 Å². The van der Waals surface area contributed by atoms with Crippen molar-refractivity contribution in [1.29, 1.82) is 0 Å². The summed E-state index contributed by atoms with van der Waals surface area (Å²) >= 11 is 0. The first-order valence-electron chi connectivity index (χ1n) is 21.1. The van der Waals surface area contributed by atoms with E-state index in [0.29, 0.717) is 45.2 Å². The number of nitrogens with one attached hydrogen (secondary N) is 4. The molecule has 22 nitrogen and oxygen atoms in total. The molecule has 2 unspecified atom stereocenters. The largest absolute Gasteiger partial charge is 0.480 e. The van der Waals surface area contributed by atoms with E-state index < -0.39 is 73.4 Å². The van der Waals surface area contributed by atoms with Gasteiger partial charge < -0.3 is 46.8 Å². The van der Waals surface area contributed by atoms with Gasteiger partial charge in [-0.25, -0.2) is 4.79 Å². The van der Waals surface area contributed by atoms with Gasteiger partial charge in [-0.2, -0.15) is 0 Å². The lowest BCUT2D eigenvalue weighted by Crippen LogP contribution is -2.52. The van der Waals surface area contributed by atoms with Gasteiger partial charge in [0.2, 0.25) is 23.6 Å². The van der Waals surface area contributed by atoms with E-state index in [0.717, 1.165) is 32.1 Å². The Bertz CT molecular complexity index is 1390. The van der Waals surface area contributed by atoms with Crippen LogP contribution in [-0.2, 0) is 43.2 Å². The van der Waals surface area contributed by atoms with Crippen molar-refractivity contribution in [3.05, 3.63) is 0 Å². The highest BCUT2D eigenvalue weighted by molar-refractivity contribution is 5.88. The molecule has 0 spiro atoms.